The van der Waals surface area contributed by atoms with Gasteiger partial charge in [0.2, 0.25) is 0 Å². The van der Waals surface area contributed by atoms with Crippen LogP contribution in [0.3, 0.4) is 0 Å². The lowest BCUT2D eigenvalue weighted by atomic mass is 10.3. The average molecular weight is 218 g/mol. The first kappa shape index (κ1) is 9.59. The van der Waals surface area contributed by atoms with Crippen molar-refractivity contribution in [2.24, 2.45) is 5.73 Å². The van der Waals surface area contributed by atoms with E-state index in [9.17, 15) is 0 Å². The molecule has 0 aromatic carbocycles. The van der Waals surface area contributed by atoms with Gasteiger partial charge < -0.3 is 15.2 Å². The number of aromatic nitrogens is 2. The van der Waals surface area contributed by atoms with Gasteiger partial charge in [-0.1, -0.05) is 5.16 Å². The molecule has 2 N–H and O–H groups in total. The summed E-state index contributed by atoms with van der Waals surface area (Å²) in [5.74, 6) is 0.927. The Morgan fingerprint density at radius 2 is 2.44 bits per heavy atom. The maximum Gasteiger partial charge on any atom is 0.172 e. The molecule has 5 heteroatoms. The summed E-state index contributed by atoms with van der Waals surface area (Å²) >= 11 is 0. The number of aryl methyl sites for hydroxylation is 1. The van der Waals surface area contributed by atoms with E-state index in [1.54, 1.807) is 0 Å². The Labute approximate surface area is 93.2 Å². The maximum absolute atomic E-state index is 5.87. The first-order chi connectivity index (χ1) is 7.74. The van der Waals surface area contributed by atoms with Crippen LogP contribution in [-0.2, 0) is 0 Å². The standard InChI is InChI=1S/C11H14N4O/c1-7-9-5-13-11(4-10(9)16-14-7)15-3-2-8(12)6-15/h4-5,8H,2-3,6,12H2,1H3. The molecule has 1 unspecified atom stereocenters. The largest absolute Gasteiger partial charge is 0.356 e. The summed E-state index contributed by atoms with van der Waals surface area (Å²) in [7, 11) is 0. The molecule has 5 nitrogen and oxygen atoms in total. The number of nitrogens with zero attached hydrogens (tertiary/aromatic N) is 3. The fraction of sp³-hybridized carbons (Fsp3) is 0.455. The van der Waals surface area contributed by atoms with Crippen molar-refractivity contribution in [2.45, 2.75) is 19.4 Å². The van der Waals surface area contributed by atoms with Crippen LogP contribution >= 0.6 is 0 Å². The van der Waals surface area contributed by atoms with Gasteiger partial charge in [0.25, 0.3) is 0 Å². The van der Waals surface area contributed by atoms with Gasteiger partial charge in [-0.2, -0.15) is 0 Å². The monoisotopic (exact) mass is 218 g/mol. The summed E-state index contributed by atoms with van der Waals surface area (Å²) in [5.41, 5.74) is 7.55. The Kier molecular flexibility index (Phi) is 2.07. The van der Waals surface area contributed by atoms with E-state index in [2.05, 4.69) is 15.0 Å². The molecular formula is C11H14N4O. The quantitative estimate of drug-likeness (QED) is 0.775. The highest BCUT2D eigenvalue weighted by Crippen LogP contribution is 2.23. The zero-order valence-electron chi connectivity index (χ0n) is 9.18. The number of hydrogen-bond donors (Lipinski definition) is 1. The first-order valence-electron chi connectivity index (χ1n) is 5.46. The van der Waals surface area contributed by atoms with Crippen molar-refractivity contribution in [1.29, 1.82) is 0 Å². The predicted octanol–water partition coefficient (Wildman–Crippen LogP) is 1.07. The number of hydrogen-bond acceptors (Lipinski definition) is 5. The lowest BCUT2D eigenvalue weighted by molar-refractivity contribution is 0.450. The van der Waals surface area contributed by atoms with Crippen molar-refractivity contribution in [3.63, 3.8) is 0 Å². The van der Waals surface area contributed by atoms with Gasteiger partial charge in [-0.25, -0.2) is 4.98 Å². The van der Waals surface area contributed by atoms with Gasteiger partial charge in [0.1, 0.15) is 5.82 Å². The van der Waals surface area contributed by atoms with Crippen molar-refractivity contribution in [1.82, 2.24) is 10.1 Å². The van der Waals surface area contributed by atoms with Gasteiger partial charge in [0.05, 0.1) is 11.1 Å². The number of fused-ring (bicyclic) bond motifs is 1. The minimum atomic E-state index is 0.258. The number of pyridine rings is 1. The highest BCUT2D eigenvalue weighted by atomic mass is 16.5. The molecule has 0 spiro atoms. The fourth-order valence-electron chi connectivity index (χ4n) is 2.11. The molecule has 0 amide bonds. The molecular weight excluding hydrogens is 204 g/mol. The summed E-state index contributed by atoms with van der Waals surface area (Å²) in [6.45, 7) is 3.75. The maximum atomic E-state index is 5.87. The van der Waals surface area contributed by atoms with E-state index in [1.807, 2.05) is 19.2 Å². The molecule has 0 bridgehead atoms. The third-order valence-corrected chi connectivity index (χ3v) is 3.07. The average Bonchev–Trinajstić information content (AvgIpc) is 2.86. The summed E-state index contributed by atoms with van der Waals surface area (Å²) in [6.07, 6.45) is 2.84. The molecule has 1 fully saturated rings. The molecule has 84 valence electrons. The van der Waals surface area contributed by atoms with Crippen molar-refractivity contribution in [3.8, 4) is 0 Å². The molecule has 3 rings (SSSR count). The Bertz CT molecular complexity index is 522. The number of anilines is 1. The van der Waals surface area contributed by atoms with Gasteiger partial charge >= 0.3 is 0 Å². The van der Waals surface area contributed by atoms with Crippen LogP contribution in [0.15, 0.2) is 16.8 Å². The third kappa shape index (κ3) is 1.44. The van der Waals surface area contributed by atoms with Crippen LogP contribution in [0.25, 0.3) is 11.0 Å². The van der Waals surface area contributed by atoms with E-state index in [-0.39, 0.29) is 6.04 Å². The van der Waals surface area contributed by atoms with Crippen molar-refractivity contribution in [3.05, 3.63) is 18.0 Å². The minimum Gasteiger partial charge on any atom is -0.356 e. The minimum absolute atomic E-state index is 0.258. The molecule has 16 heavy (non-hydrogen) atoms. The van der Waals surface area contributed by atoms with Crippen LogP contribution in [0.4, 0.5) is 5.82 Å². The molecule has 1 aliphatic rings. The van der Waals surface area contributed by atoms with E-state index in [4.69, 9.17) is 10.3 Å². The Morgan fingerprint density at radius 1 is 1.56 bits per heavy atom. The zero-order chi connectivity index (χ0) is 11.1. The Morgan fingerprint density at radius 3 is 3.19 bits per heavy atom. The first-order valence-corrected chi connectivity index (χ1v) is 5.46. The van der Waals surface area contributed by atoms with Crippen LogP contribution in [0, 0.1) is 6.92 Å². The van der Waals surface area contributed by atoms with Crippen LogP contribution in [0.1, 0.15) is 12.1 Å². The van der Waals surface area contributed by atoms with Gasteiger partial charge in [0.15, 0.2) is 5.58 Å². The predicted molar refractivity (Wildman–Crippen MR) is 61.3 cm³/mol. The number of rotatable bonds is 1. The SMILES string of the molecule is Cc1noc2cc(N3CCC(N)C3)ncc12. The summed E-state index contributed by atoms with van der Waals surface area (Å²) in [6, 6.07) is 2.20. The molecule has 1 aliphatic heterocycles. The zero-order valence-corrected chi connectivity index (χ0v) is 9.18. The highest BCUT2D eigenvalue weighted by Gasteiger charge is 2.21. The van der Waals surface area contributed by atoms with Gasteiger partial charge in [-0.05, 0) is 13.3 Å². The second-order valence-corrected chi connectivity index (χ2v) is 4.30. The topological polar surface area (TPSA) is 68.2 Å². The molecule has 2 aromatic heterocycles. The molecule has 1 atom stereocenters. The van der Waals surface area contributed by atoms with Crippen molar-refractivity contribution in [2.75, 3.05) is 18.0 Å². The van der Waals surface area contributed by atoms with Gasteiger partial charge in [-0.3, -0.25) is 0 Å². The van der Waals surface area contributed by atoms with E-state index < -0.39 is 0 Å². The molecule has 1 saturated heterocycles. The smallest absolute Gasteiger partial charge is 0.172 e. The third-order valence-electron chi connectivity index (χ3n) is 3.07. The lowest BCUT2D eigenvalue weighted by Gasteiger charge is -2.15. The Hall–Kier alpha value is -1.62. The van der Waals surface area contributed by atoms with Crippen molar-refractivity contribution < 1.29 is 4.52 Å². The lowest BCUT2D eigenvalue weighted by Crippen LogP contribution is -2.26. The van der Waals surface area contributed by atoms with Crippen LogP contribution in [-0.4, -0.2) is 29.3 Å². The second-order valence-electron chi connectivity index (χ2n) is 4.30. The van der Waals surface area contributed by atoms with E-state index in [0.29, 0.717) is 0 Å². The molecule has 2 aromatic rings. The van der Waals surface area contributed by atoms with Gasteiger partial charge in [-0.15, -0.1) is 0 Å². The van der Waals surface area contributed by atoms with Crippen molar-refractivity contribution >= 4 is 16.8 Å². The van der Waals surface area contributed by atoms with Crippen LogP contribution < -0.4 is 10.6 Å². The normalized spacial score (nSPS) is 20.9. The summed E-state index contributed by atoms with van der Waals surface area (Å²) < 4.78 is 5.23. The van der Waals surface area contributed by atoms with E-state index in [1.165, 1.54) is 0 Å². The van der Waals surface area contributed by atoms with E-state index in [0.717, 1.165) is 42.0 Å². The molecule has 0 saturated carbocycles. The summed E-state index contributed by atoms with van der Waals surface area (Å²) in [5, 5.41) is 4.90. The Balaban J connectivity index is 1.99. The highest BCUT2D eigenvalue weighted by molar-refractivity contribution is 5.80. The molecule has 3 heterocycles. The van der Waals surface area contributed by atoms with Gasteiger partial charge in [0, 0.05) is 31.4 Å². The molecule has 0 aliphatic carbocycles. The summed E-state index contributed by atoms with van der Waals surface area (Å²) in [4.78, 5) is 6.61. The van der Waals surface area contributed by atoms with E-state index >= 15 is 0 Å². The van der Waals surface area contributed by atoms with Crippen LogP contribution in [0.5, 0.6) is 0 Å². The molecule has 0 radical (unpaired) electrons. The second kappa shape index (κ2) is 3.45. The number of nitrogens with two attached hydrogens (primary N) is 1. The fourth-order valence-corrected chi connectivity index (χ4v) is 2.11. The van der Waals surface area contributed by atoms with Crippen LogP contribution in [0.2, 0.25) is 0 Å².